The molecule has 1 aliphatic rings. The zero-order valence-corrected chi connectivity index (χ0v) is 10.3. The van der Waals surface area contributed by atoms with Gasteiger partial charge in [-0.25, -0.2) is 0 Å². The Labute approximate surface area is 100 Å². The van der Waals surface area contributed by atoms with E-state index in [0.29, 0.717) is 18.8 Å². The summed E-state index contributed by atoms with van der Waals surface area (Å²) < 4.78 is 40.7. The Kier molecular flexibility index (Phi) is 3.35. The molecule has 0 unspecified atom stereocenters. The topological polar surface area (TPSA) is 46.6 Å². The molecule has 2 rings (SSSR count). The first-order valence-electron chi connectivity index (χ1n) is 5.45. The van der Waals surface area contributed by atoms with Gasteiger partial charge in [-0.05, 0) is 36.6 Å². The summed E-state index contributed by atoms with van der Waals surface area (Å²) in [5.41, 5.74) is 1.86. The Morgan fingerprint density at radius 3 is 2.82 bits per heavy atom. The fourth-order valence-corrected chi connectivity index (χ4v) is 2.55. The molecule has 0 atom stereocenters. The second-order valence-electron chi connectivity index (χ2n) is 3.89. The van der Waals surface area contributed by atoms with Crippen molar-refractivity contribution in [1.29, 1.82) is 0 Å². The van der Waals surface area contributed by atoms with E-state index < -0.39 is 10.4 Å². The van der Waals surface area contributed by atoms with Crippen molar-refractivity contribution < 1.29 is 17.0 Å². The van der Waals surface area contributed by atoms with Crippen LogP contribution in [0.3, 0.4) is 0 Å². The summed E-state index contributed by atoms with van der Waals surface area (Å²) in [7, 11) is -4.60. The van der Waals surface area contributed by atoms with Gasteiger partial charge in [-0.15, -0.1) is 0 Å². The smallest absolute Gasteiger partial charge is 0.375 e. The van der Waals surface area contributed by atoms with E-state index in [9.17, 15) is 12.3 Å². The lowest BCUT2D eigenvalue weighted by Gasteiger charge is -2.25. The normalized spacial score (nSPS) is 16.6. The highest BCUT2D eigenvalue weighted by molar-refractivity contribution is 7.83. The maximum absolute atomic E-state index is 12.9. The fraction of sp³-hybridized carbons (Fsp3) is 0.455. The number of ether oxygens (including phenoxy) is 1. The summed E-state index contributed by atoms with van der Waals surface area (Å²) in [5.74, 6) is 0.685. The molecule has 0 aliphatic carbocycles. The van der Waals surface area contributed by atoms with Crippen LogP contribution in [0.4, 0.5) is 3.89 Å². The predicted molar refractivity (Wildman–Crippen MR) is 61.8 cm³/mol. The summed E-state index contributed by atoms with van der Waals surface area (Å²) in [5, 5.41) is 0. The van der Waals surface area contributed by atoms with Crippen molar-refractivity contribution in [3.05, 3.63) is 29.3 Å². The molecular formula is C11H14FNO3S. The third-order valence-corrected chi connectivity index (χ3v) is 3.70. The van der Waals surface area contributed by atoms with E-state index in [4.69, 9.17) is 4.74 Å². The molecule has 1 aromatic carbocycles. The summed E-state index contributed by atoms with van der Waals surface area (Å²) >= 11 is 0. The van der Waals surface area contributed by atoms with Crippen molar-refractivity contribution in [2.24, 2.45) is 0 Å². The van der Waals surface area contributed by atoms with E-state index in [0.717, 1.165) is 15.4 Å². The predicted octanol–water partition coefficient (Wildman–Crippen LogP) is 1.66. The largest absolute Gasteiger partial charge is 0.494 e. The van der Waals surface area contributed by atoms with Crippen LogP contribution in [0.5, 0.6) is 5.75 Å². The first-order valence-corrected chi connectivity index (χ1v) is 6.79. The minimum Gasteiger partial charge on any atom is -0.494 e. The third kappa shape index (κ3) is 2.76. The van der Waals surface area contributed by atoms with E-state index in [-0.39, 0.29) is 13.1 Å². The van der Waals surface area contributed by atoms with Crippen LogP contribution < -0.4 is 4.74 Å². The number of fused-ring (bicyclic) bond motifs is 1. The molecule has 0 spiro atoms. The lowest BCUT2D eigenvalue weighted by atomic mass is 10.0. The molecule has 0 saturated carbocycles. The van der Waals surface area contributed by atoms with Gasteiger partial charge in [0.15, 0.2) is 0 Å². The Bertz CT molecular complexity index is 515. The number of hydrogen-bond acceptors (Lipinski definition) is 3. The molecule has 0 saturated heterocycles. The number of rotatable bonds is 3. The molecule has 17 heavy (non-hydrogen) atoms. The highest BCUT2D eigenvalue weighted by atomic mass is 32.3. The van der Waals surface area contributed by atoms with Crippen molar-refractivity contribution in [1.82, 2.24) is 4.31 Å². The average molecular weight is 259 g/mol. The maximum atomic E-state index is 12.9. The first kappa shape index (κ1) is 12.3. The van der Waals surface area contributed by atoms with Crippen LogP contribution in [-0.4, -0.2) is 25.9 Å². The summed E-state index contributed by atoms with van der Waals surface area (Å²) in [6.45, 7) is 2.69. The van der Waals surface area contributed by atoms with Gasteiger partial charge in [0.2, 0.25) is 0 Å². The van der Waals surface area contributed by atoms with Gasteiger partial charge in [-0.3, -0.25) is 0 Å². The standard InChI is InChI=1S/C11H14FNO3S/c1-2-16-11-4-3-9-5-6-13(17(12,14)15)8-10(9)7-11/h3-4,7H,2,5-6,8H2,1H3. The van der Waals surface area contributed by atoms with Crippen LogP contribution in [0.1, 0.15) is 18.1 Å². The van der Waals surface area contributed by atoms with Gasteiger partial charge < -0.3 is 4.74 Å². The van der Waals surface area contributed by atoms with Crippen LogP contribution in [0.2, 0.25) is 0 Å². The van der Waals surface area contributed by atoms with Gasteiger partial charge >= 0.3 is 10.4 Å². The van der Waals surface area contributed by atoms with E-state index in [1.54, 1.807) is 6.07 Å². The number of halogens is 1. The maximum Gasteiger partial charge on any atom is 0.375 e. The zero-order valence-electron chi connectivity index (χ0n) is 9.52. The molecule has 4 nitrogen and oxygen atoms in total. The SMILES string of the molecule is CCOc1ccc2c(c1)CN(S(=O)(=O)F)CC2. The van der Waals surface area contributed by atoms with Crippen molar-refractivity contribution in [3.8, 4) is 5.75 Å². The van der Waals surface area contributed by atoms with Crippen LogP contribution in [0, 0.1) is 0 Å². The Morgan fingerprint density at radius 1 is 1.41 bits per heavy atom. The highest BCUT2D eigenvalue weighted by Gasteiger charge is 2.26. The van der Waals surface area contributed by atoms with Gasteiger partial charge in [0.25, 0.3) is 0 Å². The quantitative estimate of drug-likeness (QED) is 0.776. The molecule has 1 aromatic rings. The second kappa shape index (κ2) is 4.62. The minimum absolute atomic E-state index is 0.0785. The van der Waals surface area contributed by atoms with Gasteiger partial charge in [-0.1, -0.05) is 9.95 Å². The van der Waals surface area contributed by atoms with E-state index in [1.165, 1.54) is 0 Å². The second-order valence-corrected chi connectivity index (χ2v) is 5.23. The average Bonchev–Trinajstić information content (AvgIpc) is 2.27. The van der Waals surface area contributed by atoms with Crippen molar-refractivity contribution in [3.63, 3.8) is 0 Å². The molecule has 6 heteroatoms. The zero-order chi connectivity index (χ0) is 12.5. The van der Waals surface area contributed by atoms with Crippen LogP contribution in [-0.2, 0) is 23.4 Å². The third-order valence-electron chi connectivity index (χ3n) is 2.77. The van der Waals surface area contributed by atoms with Gasteiger partial charge in [0, 0.05) is 13.1 Å². The lowest BCUT2D eigenvalue weighted by molar-refractivity contribution is 0.335. The van der Waals surface area contributed by atoms with Crippen LogP contribution >= 0.6 is 0 Å². The highest BCUT2D eigenvalue weighted by Crippen LogP contribution is 2.25. The number of hydrogen-bond donors (Lipinski definition) is 0. The molecule has 0 N–H and O–H groups in total. The molecule has 0 aromatic heterocycles. The Balaban J connectivity index is 2.26. The molecule has 0 radical (unpaired) electrons. The fourth-order valence-electron chi connectivity index (χ4n) is 1.95. The van der Waals surface area contributed by atoms with E-state index in [2.05, 4.69) is 0 Å². The molecule has 94 valence electrons. The molecular weight excluding hydrogens is 245 g/mol. The van der Waals surface area contributed by atoms with Gasteiger partial charge in [0.05, 0.1) is 6.61 Å². The van der Waals surface area contributed by atoms with Gasteiger partial charge in [0.1, 0.15) is 5.75 Å². The summed E-state index contributed by atoms with van der Waals surface area (Å²) in [6, 6.07) is 5.53. The van der Waals surface area contributed by atoms with Crippen molar-refractivity contribution in [2.45, 2.75) is 19.9 Å². The lowest BCUT2D eigenvalue weighted by Crippen LogP contribution is -2.33. The molecule has 1 heterocycles. The van der Waals surface area contributed by atoms with E-state index >= 15 is 0 Å². The van der Waals surface area contributed by atoms with Crippen molar-refractivity contribution >= 4 is 10.4 Å². The van der Waals surface area contributed by atoms with Crippen molar-refractivity contribution in [2.75, 3.05) is 13.2 Å². The Morgan fingerprint density at radius 2 is 2.18 bits per heavy atom. The summed E-state index contributed by atoms with van der Waals surface area (Å²) in [6.07, 6.45) is 0.533. The van der Waals surface area contributed by atoms with Gasteiger partial charge in [-0.2, -0.15) is 12.7 Å². The Hall–Kier alpha value is -1.14. The van der Waals surface area contributed by atoms with Crippen LogP contribution in [0.25, 0.3) is 0 Å². The molecule has 0 fully saturated rings. The molecule has 0 amide bonds. The number of benzene rings is 1. The first-order chi connectivity index (χ1) is 8.00. The molecule has 0 bridgehead atoms. The minimum atomic E-state index is -4.60. The summed E-state index contributed by atoms with van der Waals surface area (Å²) in [4.78, 5) is 0. The van der Waals surface area contributed by atoms with E-state index in [1.807, 2.05) is 19.1 Å². The molecule has 1 aliphatic heterocycles. The monoisotopic (exact) mass is 259 g/mol. The van der Waals surface area contributed by atoms with Crippen LogP contribution in [0.15, 0.2) is 18.2 Å². The number of nitrogens with zero attached hydrogens (tertiary/aromatic N) is 1.